The molecule has 0 spiro atoms. The van der Waals surface area contributed by atoms with E-state index >= 15 is 0 Å². The number of rotatable bonds is 3. The van der Waals surface area contributed by atoms with Gasteiger partial charge >= 0.3 is 90.9 Å². The first kappa shape index (κ1) is 9.82. The Morgan fingerprint density at radius 1 is 1.14 bits per heavy atom. The molecule has 14 heavy (non-hydrogen) atoms. The van der Waals surface area contributed by atoms with E-state index in [1.807, 2.05) is 0 Å². The quantitative estimate of drug-likeness (QED) is 0.759. The van der Waals surface area contributed by atoms with Crippen molar-refractivity contribution >= 4 is 28.7 Å². The van der Waals surface area contributed by atoms with E-state index in [2.05, 4.69) is 49.1 Å². The van der Waals surface area contributed by atoms with Crippen molar-refractivity contribution in [3.8, 4) is 0 Å². The van der Waals surface area contributed by atoms with Crippen LogP contribution in [0.2, 0.25) is 0 Å². The van der Waals surface area contributed by atoms with Crippen molar-refractivity contribution in [2.75, 3.05) is 18.0 Å². The van der Waals surface area contributed by atoms with Crippen LogP contribution in [0.3, 0.4) is 0 Å². The molecule has 0 unspecified atom stereocenters. The molecule has 0 radical (unpaired) electrons. The average molecular weight is 252 g/mol. The Balaban J connectivity index is 2.43. The SMILES string of the molecule is CCN(CC)c1cc2ccccc2[se]1. The van der Waals surface area contributed by atoms with Gasteiger partial charge in [0.05, 0.1) is 0 Å². The van der Waals surface area contributed by atoms with Gasteiger partial charge in [-0.15, -0.1) is 0 Å². The van der Waals surface area contributed by atoms with Crippen LogP contribution in [-0.2, 0) is 0 Å². The molecule has 0 saturated heterocycles. The normalized spacial score (nSPS) is 10.7. The minimum absolute atomic E-state index is 0.530. The van der Waals surface area contributed by atoms with Gasteiger partial charge in [0.25, 0.3) is 0 Å². The molecular weight excluding hydrogens is 237 g/mol. The van der Waals surface area contributed by atoms with Crippen LogP contribution in [0.25, 0.3) is 9.65 Å². The average Bonchev–Trinajstić information content (AvgIpc) is 2.63. The minimum atomic E-state index is 0.530. The van der Waals surface area contributed by atoms with Crippen LogP contribution >= 0.6 is 0 Å². The topological polar surface area (TPSA) is 3.24 Å². The molecule has 2 rings (SSSR count). The molecule has 0 amide bonds. The van der Waals surface area contributed by atoms with E-state index in [-0.39, 0.29) is 0 Å². The zero-order valence-electron chi connectivity index (χ0n) is 8.66. The molecule has 0 atom stereocenters. The van der Waals surface area contributed by atoms with Crippen LogP contribution in [0.5, 0.6) is 0 Å². The Labute approximate surface area is 91.1 Å². The second-order valence-corrected chi connectivity index (χ2v) is 5.52. The zero-order chi connectivity index (χ0) is 9.97. The van der Waals surface area contributed by atoms with Crippen LogP contribution in [-0.4, -0.2) is 27.6 Å². The first-order valence-corrected chi connectivity index (χ1v) is 6.80. The molecule has 0 N–H and O–H groups in total. The Morgan fingerprint density at radius 3 is 2.50 bits per heavy atom. The van der Waals surface area contributed by atoms with Gasteiger partial charge in [-0.05, 0) is 0 Å². The van der Waals surface area contributed by atoms with Crippen molar-refractivity contribution in [3.63, 3.8) is 0 Å². The van der Waals surface area contributed by atoms with E-state index < -0.39 is 0 Å². The summed E-state index contributed by atoms with van der Waals surface area (Å²) in [6.45, 7) is 6.70. The van der Waals surface area contributed by atoms with Gasteiger partial charge in [0.2, 0.25) is 0 Å². The number of hydrogen-bond acceptors (Lipinski definition) is 1. The fourth-order valence-corrected chi connectivity index (χ4v) is 4.16. The first-order chi connectivity index (χ1) is 6.85. The standard InChI is InChI=1S/C12H15NSe/c1-3-13(4-2)12-9-10-7-5-6-8-11(10)14-12/h5-9H,3-4H2,1-2H3. The molecule has 74 valence electrons. The summed E-state index contributed by atoms with van der Waals surface area (Å²) in [5.41, 5.74) is 0. The summed E-state index contributed by atoms with van der Waals surface area (Å²) in [5.74, 6) is 0. The summed E-state index contributed by atoms with van der Waals surface area (Å²) in [5, 5.41) is 1.43. The number of fused-ring (bicyclic) bond motifs is 1. The van der Waals surface area contributed by atoms with Crippen LogP contribution < -0.4 is 4.90 Å². The predicted octanol–water partition coefficient (Wildman–Crippen LogP) is 2.74. The molecule has 0 aliphatic carbocycles. The first-order valence-electron chi connectivity index (χ1n) is 5.08. The summed E-state index contributed by atoms with van der Waals surface area (Å²) < 4.78 is 3.06. The van der Waals surface area contributed by atoms with Crippen molar-refractivity contribution in [1.82, 2.24) is 0 Å². The second kappa shape index (κ2) is 4.20. The molecule has 1 aromatic carbocycles. The predicted molar refractivity (Wildman–Crippen MR) is 64.4 cm³/mol. The molecule has 0 fully saturated rings. The van der Waals surface area contributed by atoms with E-state index in [1.165, 1.54) is 14.2 Å². The van der Waals surface area contributed by atoms with Gasteiger partial charge in [-0.1, -0.05) is 0 Å². The third-order valence-corrected chi connectivity index (χ3v) is 4.96. The summed E-state index contributed by atoms with van der Waals surface area (Å²) >= 11 is 0.530. The number of nitrogens with zero attached hydrogens (tertiary/aromatic N) is 1. The number of anilines is 1. The summed E-state index contributed by atoms with van der Waals surface area (Å²) in [4.78, 5) is 2.46. The van der Waals surface area contributed by atoms with E-state index in [9.17, 15) is 0 Å². The summed E-state index contributed by atoms with van der Waals surface area (Å²) in [6.07, 6.45) is 0. The Morgan fingerprint density at radius 2 is 1.86 bits per heavy atom. The van der Waals surface area contributed by atoms with Gasteiger partial charge in [0.1, 0.15) is 0 Å². The van der Waals surface area contributed by atoms with Gasteiger partial charge < -0.3 is 0 Å². The molecule has 0 aliphatic rings. The molecule has 1 aromatic heterocycles. The maximum atomic E-state index is 2.46. The molecule has 2 aromatic rings. The van der Waals surface area contributed by atoms with Crippen molar-refractivity contribution in [2.24, 2.45) is 0 Å². The van der Waals surface area contributed by atoms with Crippen molar-refractivity contribution in [1.29, 1.82) is 0 Å². The number of hydrogen-bond donors (Lipinski definition) is 0. The molecule has 0 saturated carbocycles. The van der Waals surface area contributed by atoms with Crippen LogP contribution in [0.1, 0.15) is 13.8 Å². The van der Waals surface area contributed by atoms with Gasteiger partial charge in [-0.3, -0.25) is 0 Å². The Bertz CT molecular complexity index is 382. The summed E-state index contributed by atoms with van der Waals surface area (Å²) in [7, 11) is 0. The van der Waals surface area contributed by atoms with Crippen molar-refractivity contribution in [2.45, 2.75) is 13.8 Å². The molecule has 0 aliphatic heterocycles. The third kappa shape index (κ3) is 1.73. The fraction of sp³-hybridized carbons (Fsp3) is 0.333. The second-order valence-electron chi connectivity index (χ2n) is 3.29. The number of benzene rings is 1. The maximum absolute atomic E-state index is 2.46. The summed E-state index contributed by atoms with van der Waals surface area (Å²) in [6, 6.07) is 11.1. The van der Waals surface area contributed by atoms with Gasteiger partial charge in [-0.2, -0.15) is 0 Å². The third-order valence-electron chi connectivity index (χ3n) is 2.49. The van der Waals surface area contributed by atoms with Crippen LogP contribution in [0.4, 0.5) is 4.56 Å². The molecule has 1 heterocycles. The Hall–Kier alpha value is -0.721. The van der Waals surface area contributed by atoms with Crippen LogP contribution in [0.15, 0.2) is 30.3 Å². The van der Waals surface area contributed by atoms with Crippen molar-refractivity contribution in [3.05, 3.63) is 30.3 Å². The molecule has 1 nitrogen and oxygen atoms in total. The van der Waals surface area contributed by atoms with Gasteiger partial charge in [-0.25, -0.2) is 0 Å². The van der Waals surface area contributed by atoms with Gasteiger partial charge in [0, 0.05) is 0 Å². The zero-order valence-corrected chi connectivity index (χ0v) is 10.4. The van der Waals surface area contributed by atoms with E-state index in [0.29, 0.717) is 14.5 Å². The van der Waals surface area contributed by atoms with E-state index in [0.717, 1.165) is 13.1 Å². The van der Waals surface area contributed by atoms with Crippen LogP contribution in [0, 0.1) is 0 Å². The van der Waals surface area contributed by atoms with Crippen molar-refractivity contribution < 1.29 is 0 Å². The van der Waals surface area contributed by atoms with E-state index in [4.69, 9.17) is 0 Å². The molecule has 0 bridgehead atoms. The molecule has 2 heteroatoms. The Kier molecular flexibility index (Phi) is 2.95. The monoisotopic (exact) mass is 253 g/mol. The molecular formula is C12H15NSe. The van der Waals surface area contributed by atoms with Gasteiger partial charge in [0.15, 0.2) is 0 Å². The fourth-order valence-electron chi connectivity index (χ4n) is 1.66. The van der Waals surface area contributed by atoms with E-state index in [1.54, 1.807) is 0 Å².